The SMILES string of the molecule is CCCC(C)NC(=O)C(c1c(C)cccc1C)N(C(=O)C(CC(C)C)NC(=O)OC(C)(C)C)C(C)CC. The van der Waals surface area contributed by atoms with E-state index in [0.29, 0.717) is 12.8 Å². The number of nitrogens with one attached hydrogen (secondary N) is 2. The molecule has 0 fully saturated rings. The molecule has 0 aromatic heterocycles. The highest BCUT2D eigenvalue weighted by atomic mass is 16.6. The van der Waals surface area contributed by atoms with Crippen molar-refractivity contribution in [3.63, 3.8) is 0 Å². The van der Waals surface area contributed by atoms with E-state index in [4.69, 9.17) is 4.74 Å². The third-order valence-electron chi connectivity index (χ3n) is 6.47. The number of hydrogen-bond donors (Lipinski definition) is 2. The predicted octanol–water partition coefficient (Wildman–Crippen LogP) is 6.22. The Kier molecular flexibility index (Phi) is 12.6. The number of carbonyl (C=O) groups excluding carboxylic acids is 3. The van der Waals surface area contributed by atoms with E-state index in [1.165, 1.54) is 0 Å². The van der Waals surface area contributed by atoms with E-state index in [1.54, 1.807) is 25.7 Å². The molecule has 1 rings (SSSR count). The van der Waals surface area contributed by atoms with Crippen LogP contribution in [0.15, 0.2) is 18.2 Å². The fourth-order valence-corrected chi connectivity index (χ4v) is 4.60. The fourth-order valence-electron chi connectivity index (χ4n) is 4.60. The minimum Gasteiger partial charge on any atom is -0.444 e. The minimum absolute atomic E-state index is 0.0236. The highest BCUT2D eigenvalue weighted by Crippen LogP contribution is 2.31. The van der Waals surface area contributed by atoms with Gasteiger partial charge in [0.15, 0.2) is 0 Å². The van der Waals surface area contributed by atoms with Gasteiger partial charge in [-0.3, -0.25) is 9.59 Å². The van der Waals surface area contributed by atoms with Gasteiger partial charge in [0.25, 0.3) is 0 Å². The Bertz CT molecular complexity index is 886. The molecule has 0 aliphatic heterocycles. The van der Waals surface area contributed by atoms with Crippen LogP contribution in [0.3, 0.4) is 0 Å². The lowest BCUT2D eigenvalue weighted by molar-refractivity contribution is -0.145. The van der Waals surface area contributed by atoms with Gasteiger partial charge in [0.05, 0.1) is 0 Å². The summed E-state index contributed by atoms with van der Waals surface area (Å²) in [6.07, 6.45) is 2.24. The van der Waals surface area contributed by atoms with Crippen molar-refractivity contribution in [3.05, 3.63) is 34.9 Å². The second-order valence-corrected chi connectivity index (χ2v) is 11.7. The van der Waals surface area contributed by atoms with Crippen molar-refractivity contribution in [2.24, 2.45) is 5.92 Å². The third kappa shape index (κ3) is 10.0. The van der Waals surface area contributed by atoms with Crippen molar-refractivity contribution in [1.29, 1.82) is 0 Å². The van der Waals surface area contributed by atoms with Gasteiger partial charge in [-0.2, -0.15) is 0 Å². The van der Waals surface area contributed by atoms with Crippen LogP contribution >= 0.6 is 0 Å². The first-order chi connectivity index (χ1) is 17.1. The zero-order chi connectivity index (χ0) is 28.5. The van der Waals surface area contributed by atoms with Crippen LogP contribution in [0.1, 0.15) is 111 Å². The van der Waals surface area contributed by atoms with Gasteiger partial charge in [0.2, 0.25) is 11.8 Å². The molecule has 4 unspecified atom stereocenters. The number of alkyl carbamates (subject to hydrolysis) is 1. The van der Waals surface area contributed by atoms with Crippen molar-refractivity contribution in [2.75, 3.05) is 0 Å². The maximum absolute atomic E-state index is 14.3. The number of aryl methyl sites for hydroxylation is 2. The topological polar surface area (TPSA) is 87.7 Å². The second kappa shape index (κ2) is 14.4. The molecule has 0 heterocycles. The molecular formula is C30H51N3O4. The summed E-state index contributed by atoms with van der Waals surface area (Å²) in [7, 11) is 0. The zero-order valence-corrected chi connectivity index (χ0v) is 25.0. The Morgan fingerprint density at radius 2 is 1.54 bits per heavy atom. The maximum atomic E-state index is 14.3. The van der Waals surface area contributed by atoms with Crippen molar-refractivity contribution in [3.8, 4) is 0 Å². The molecule has 210 valence electrons. The monoisotopic (exact) mass is 517 g/mol. The molecule has 4 atom stereocenters. The average molecular weight is 518 g/mol. The van der Waals surface area contributed by atoms with E-state index in [9.17, 15) is 14.4 Å². The quantitative estimate of drug-likeness (QED) is 0.345. The molecule has 2 N–H and O–H groups in total. The van der Waals surface area contributed by atoms with Crippen LogP contribution < -0.4 is 10.6 Å². The van der Waals surface area contributed by atoms with Crippen LogP contribution in [-0.4, -0.2) is 46.5 Å². The van der Waals surface area contributed by atoms with E-state index in [-0.39, 0.29) is 29.8 Å². The van der Waals surface area contributed by atoms with Crippen LogP contribution in [0.2, 0.25) is 0 Å². The van der Waals surface area contributed by atoms with Crippen molar-refractivity contribution in [2.45, 2.75) is 132 Å². The van der Waals surface area contributed by atoms with Crippen LogP contribution in [-0.2, 0) is 14.3 Å². The first-order valence-electron chi connectivity index (χ1n) is 13.8. The van der Waals surface area contributed by atoms with Crippen LogP contribution in [0.4, 0.5) is 4.79 Å². The molecule has 3 amide bonds. The Hall–Kier alpha value is -2.57. The summed E-state index contributed by atoms with van der Waals surface area (Å²) in [5.74, 6) is -0.341. The smallest absolute Gasteiger partial charge is 0.408 e. The largest absolute Gasteiger partial charge is 0.444 e. The number of carbonyl (C=O) groups is 3. The number of nitrogens with zero attached hydrogens (tertiary/aromatic N) is 1. The molecule has 1 aromatic rings. The fraction of sp³-hybridized carbons (Fsp3) is 0.700. The van der Waals surface area contributed by atoms with E-state index in [1.807, 2.05) is 66.7 Å². The molecule has 1 aromatic carbocycles. The van der Waals surface area contributed by atoms with Gasteiger partial charge in [-0.1, -0.05) is 52.3 Å². The Morgan fingerprint density at radius 1 is 0.973 bits per heavy atom. The summed E-state index contributed by atoms with van der Waals surface area (Å²) in [6.45, 7) is 21.4. The number of ether oxygens (including phenoxy) is 1. The molecule has 37 heavy (non-hydrogen) atoms. The van der Waals surface area contributed by atoms with Gasteiger partial charge in [0, 0.05) is 12.1 Å². The second-order valence-electron chi connectivity index (χ2n) is 11.7. The Balaban J connectivity index is 3.64. The van der Waals surface area contributed by atoms with Gasteiger partial charge < -0.3 is 20.3 Å². The van der Waals surface area contributed by atoms with Gasteiger partial charge in [-0.05, 0) is 90.3 Å². The normalized spacial score (nSPS) is 14.9. The number of rotatable bonds is 12. The van der Waals surface area contributed by atoms with Gasteiger partial charge in [0.1, 0.15) is 17.7 Å². The van der Waals surface area contributed by atoms with Crippen molar-refractivity contribution >= 4 is 17.9 Å². The third-order valence-corrected chi connectivity index (χ3v) is 6.47. The molecule has 0 saturated heterocycles. The van der Waals surface area contributed by atoms with Gasteiger partial charge in [-0.15, -0.1) is 0 Å². The molecule has 0 spiro atoms. The molecular weight excluding hydrogens is 466 g/mol. The summed E-state index contributed by atoms with van der Waals surface area (Å²) in [5.41, 5.74) is 2.04. The first kappa shape index (κ1) is 32.5. The Labute approximate surface area is 225 Å². The van der Waals surface area contributed by atoms with E-state index in [0.717, 1.165) is 29.5 Å². The molecule has 7 heteroatoms. The lowest BCUT2D eigenvalue weighted by Gasteiger charge is -2.40. The molecule has 7 nitrogen and oxygen atoms in total. The van der Waals surface area contributed by atoms with Crippen molar-refractivity contribution < 1.29 is 19.1 Å². The zero-order valence-electron chi connectivity index (χ0n) is 25.0. The maximum Gasteiger partial charge on any atom is 0.408 e. The van der Waals surface area contributed by atoms with Crippen LogP contribution in [0, 0.1) is 19.8 Å². The summed E-state index contributed by atoms with van der Waals surface area (Å²) in [4.78, 5) is 42.7. The summed E-state index contributed by atoms with van der Waals surface area (Å²) in [6, 6.07) is 4.01. The summed E-state index contributed by atoms with van der Waals surface area (Å²) < 4.78 is 5.48. The van der Waals surface area contributed by atoms with Crippen LogP contribution in [0.25, 0.3) is 0 Å². The molecule has 0 radical (unpaired) electrons. The van der Waals surface area contributed by atoms with Crippen molar-refractivity contribution in [1.82, 2.24) is 15.5 Å². The summed E-state index contributed by atoms with van der Waals surface area (Å²) >= 11 is 0. The van der Waals surface area contributed by atoms with E-state index in [2.05, 4.69) is 17.6 Å². The number of benzene rings is 1. The lowest BCUT2D eigenvalue weighted by Crippen LogP contribution is -2.56. The van der Waals surface area contributed by atoms with E-state index < -0.39 is 23.8 Å². The molecule has 0 bridgehead atoms. The average Bonchev–Trinajstić information content (AvgIpc) is 2.75. The summed E-state index contributed by atoms with van der Waals surface area (Å²) in [5, 5.41) is 5.97. The highest BCUT2D eigenvalue weighted by Gasteiger charge is 2.40. The number of hydrogen-bond acceptors (Lipinski definition) is 4. The van der Waals surface area contributed by atoms with E-state index >= 15 is 0 Å². The molecule has 0 aliphatic carbocycles. The van der Waals surface area contributed by atoms with Gasteiger partial charge in [-0.25, -0.2) is 4.79 Å². The van der Waals surface area contributed by atoms with Crippen LogP contribution in [0.5, 0.6) is 0 Å². The standard InChI is InChI=1S/C30H51N3O4/c1-12-15-22(7)31-27(34)26(25-20(5)16-14-17-21(25)6)33(23(8)13-2)28(35)24(18-19(3)4)32-29(36)37-30(9,10)11/h14,16-17,19,22-24,26H,12-13,15,18H2,1-11H3,(H,31,34)(H,32,36). The molecule has 0 aliphatic rings. The lowest BCUT2D eigenvalue weighted by atomic mass is 9.91. The first-order valence-corrected chi connectivity index (χ1v) is 13.8. The Morgan fingerprint density at radius 3 is 2.00 bits per heavy atom. The molecule has 0 saturated carbocycles. The number of amides is 3. The highest BCUT2D eigenvalue weighted by molar-refractivity contribution is 5.93. The van der Waals surface area contributed by atoms with Gasteiger partial charge >= 0.3 is 6.09 Å². The predicted molar refractivity (Wildman–Crippen MR) is 150 cm³/mol. The minimum atomic E-state index is -0.823.